The second-order valence-electron chi connectivity index (χ2n) is 1.49. The minimum absolute atomic E-state index is 0. The van der Waals surface area contributed by atoms with Crippen molar-refractivity contribution >= 4 is 0 Å². The van der Waals surface area contributed by atoms with E-state index in [1.54, 1.807) is 0 Å². The maximum atomic E-state index is 2.31. The molecule has 0 bridgehead atoms. The molecular formula is C6H13Y+2. The van der Waals surface area contributed by atoms with Crippen LogP contribution in [0.2, 0.25) is 0 Å². The summed E-state index contributed by atoms with van der Waals surface area (Å²) in [5, 5.41) is 0. The van der Waals surface area contributed by atoms with Gasteiger partial charge in [0.25, 0.3) is 0 Å². The zero-order valence-corrected chi connectivity index (χ0v) is 8.11. The summed E-state index contributed by atoms with van der Waals surface area (Å²) in [6.07, 6.45) is 6.12. The predicted molar refractivity (Wildman–Crippen MR) is 29.5 cm³/mol. The van der Waals surface area contributed by atoms with Gasteiger partial charge in [0.05, 0.1) is 0 Å². The molecule has 0 nitrogen and oxygen atoms in total. The standard InChI is InChI=1S/C6H13.Y/c1-3-5-6-4-2;/h5H,3-4,6H2,1-2H3;/q-1;+3. The Bertz CT molecular complexity index is 16.1. The summed E-state index contributed by atoms with van der Waals surface area (Å²) < 4.78 is 0. The van der Waals surface area contributed by atoms with Crippen molar-refractivity contribution in [1.29, 1.82) is 0 Å². The van der Waals surface area contributed by atoms with Crippen LogP contribution in [0.25, 0.3) is 0 Å². The fourth-order valence-electron chi connectivity index (χ4n) is 0.408. The maximum Gasteiger partial charge on any atom is 3.00 e. The van der Waals surface area contributed by atoms with E-state index in [9.17, 15) is 0 Å². The van der Waals surface area contributed by atoms with E-state index in [1.807, 2.05) is 0 Å². The average Bonchev–Trinajstić information content (AvgIpc) is 1.61. The molecule has 38 valence electrons. The minimum atomic E-state index is 0. The van der Waals surface area contributed by atoms with Crippen LogP contribution in [0.5, 0.6) is 0 Å². The van der Waals surface area contributed by atoms with E-state index in [-0.39, 0.29) is 32.7 Å². The Labute approximate surface area is 71.9 Å². The number of hydrogen-bond acceptors (Lipinski definition) is 0. The summed E-state index contributed by atoms with van der Waals surface area (Å²) in [6, 6.07) is 0. The summed E-state index contributed by atoms with van der Waals surface area (Å²) in [6.45, 7) is 4.38. The van der Waals surface area contributed by atoms with Crippen LogP contribution in [0.1, 0.15) is 33.1 Å². The third-order valence-electron chi connectivity index (χ3n) is 0.781. The number of hydrogen-bond donors (Lipinski definition) is 0. The average molecular weight is 174 g/mol. The first-order valence-corrected chi connectivity index (χ1v) is 2.73. The van der Waals surface area contributed by atoms with Crippen molar-refractivity contribution in [2.45, 2.75) is 33.1 Å². The van der Waals surface area contributed by atoms with E-state index in [0.29, 0.717) is 0 Å². The van der Waals surface area contributed by atoms with E-state index >= 15 is 0 Å². The molecule has 1 heteroatoms. The zero-order chi connectivity index (χ0) is 4.83. The number of unbranched alkanes of at least 4 members (excludes halogenated alkanes) is 3. The molecule has 0 saturated heterocycles. The van der Waals surface area contributed by atoms with Crippen LogP contribution in [-0.4, -0.2) is 0 Å². The monoisotopic (exact) mass is 174 g/mol. The van der Waals surface area contributed by atoms with Crippen molar-refractivity contribution in [1.82, 2.24) is 0 Å². The molecule has 0 heterocycles. The first kappa shape index (κ1) is 11.0. The van der Waals surface area contributed by atoms with Crippen LogP contribution in [-0.2, 0) is 32.7 Å². The summed E-state index contributed by atoms with van der Waals surface area (Å²) in [4.78, 5) is 0. The summed E-state index contributed by atoms with van der Waals surface area (Å²) in [5.41, 5.74) is 0. The molecule has 0 radical (unpaired) electrons. The van der Waals surface area contributed by atoms with Crippen molar-refractivity contribution < 1.29 is 32.7 Å². The summed E-state index contributed by atoms with van der Waals surface area (Å²) >= 11 is 0. The molecule has 0 aromatic carbocycles. The van der Waals surface area contributed by atoms with Crippen LogP contribution in [0.15, 0.2) is 0 Å². The molecule has 0 N–H and O–H groups in total. The van der Waals surface area contributed by atoms with Gasteiger partial charge in [-0.3, -0.25) is 0 Å². The van der Waals surface area contributed by atoms with Gasteiger partial charge in [0, 0.05) is 0 Å². The first-order valence-electron chi connectivity index (χ1n) is 2.73. The van der Waals surface area contributed by atoms with Crippen molar-refractivity contribution in [3.63, 3.8) is 0 Å². The van der Waals surface area contributed by atoms with E-state index in [0.717, 1.165) is 0 Å². The molecule has 0 aromatic heterocycles. The normalized spacial score (nSPS) is 7.71. The van der Waals surface area contributed by atoms with Gasteiger partial charge in [-0.1, -0.05) is 20.3 Å². The molecule has 0 spiro atoms. The molecule has 0 fully saturated rings. The molecule has 0 aliphatic heterocycles. The minimum Gasteiger partial charge on any atom is -0.329 e. The Hall–Kier alpha value is 1.10. The van der Waals surface area contributed by atoms with Gasteiger partial charge in [-0.05, 0) is 0 Å². The zero-order valence-electron chi connectivity index (χ0n) is 5.28. The Morgan fingerprint density at radius 3 is 2.00 bits per heavy atom. The first-order chi connectivity index (χ1) is 2.91. The van der Waals surface area contributed by atoms with E-state index in [4.69, 9.17) is 0 Å². The fourth-order valence-corrected chi connectivity index (χ4v) is 0.408. The quantitative estimate of drug-likeness (QED) is 0.455. The van der Waals surface area contributed by atoms with Gasteiger partial charge in [0.1, 0.15) is 0 Å². The van der Waals surface area contributed by atoms with Crippen LogP contribution < -0.4 is 0 Å². The topological polar surface area (TPSA) is 0 Å². The number of rotatable bonds is 3. The van der Waals surface area contributed by atoms with Gasteiger partial charge in [-0.25, -0.2) is 0 Å². The van der Waals surface area contributed by atoms with Gasteiger partial charge < -0.3 is 6.42 Å². The molecule has 7 heavy (non-hydrogen) atoms. The Kier molecular flexibility index (Phi) is 15.9. The fraction of sp³-hybridized carbons (Fsp3) is 0.833. The summed E-state index contributed by atoms with van der Waals surface area (Å²) in [5.74, 6) is 0. The Balaban J connectivity index is 0. The van der Waals surface area contributed by atoms with Crippen molar-refractivity contribution in [2.75, 3.05) is 0 Å². The van der Waals surface area contributed by atoms with E-state index < -0.39 is 0 Å². The molecule has 0 saturated carbocycles. The Morgan fingerprint density at radius 1 is 1.29 bits per heavy atom. The summed E-state index contributed by atoms with van der Waals surface area (Å²) in [7, 11) is 0. The van der Waals surface area contributed by atoms with Crippen molar-refractivity contribution in [2.24, 2.45) is 0 Å². The van der Waals surface area contributed by atoms with Gasteiger partial charge in [0.2, 0.25) is 0 Å². The van der Waals surface area contributed by atoms with Gasteiger partial charge >= 0.3 is 32.7 Å². The molecule has 0 aliphatic rings. The Morgan fingerprint density at radius 2 is 1.86 bits per heavy atom. The predicted octanol–water partition coefficient (Wildman–Crippen LogP) is 2.40. The molecule has 0 aliphatic carbocycles. The SMILES string of the molecule is CC[CH-]CCC.[Y+3]. The van der Waals surface area contributed by atoms with Gasteiger partial charge in [0.15, 0.2) is 0 Å². The van der Waals surface area contributed by atoms with E-state index in [1.165, 1.54) is 19.3 Å². The third-order valence-corrected chi connectivity index (χ3v) is 0.781. The van der Waals surface area contributed by atoms with Crippen LogP contribution in [0.4, 0.5) is 0 Å². The van der Waals surface area contributed by atoms with Crippen LogP contribution in [0.3, 0.4) is 0 Å². The van der Waals surface area contributed by atoms with Gasteiger partial charge in [-0.2, -0.15) is 12.8 Å². The molecule has 0 aromatic rings. The molecule has 0 rings (SSSR count). The maximum absolute atomic E-state index is 2.31. The third kappa shape index (κ3) is 11.0. The van der Waals surface area contributed by atoms with Crippen LogP contribution in [0, 0.1) is 6.42 Å². The van der Waals surface area contributed by atoms with Gasteiger partial charge in [-0.15, -0.1) is 0 Å². The van der Waals surface area contributed by atoms with E-state index in [2.05, 4.69) is 20.3 Å². The molecule has 0 unspecified atom stereocenters. The smallest absolute Gasteiger partial charge is 0.329 e. The van der Waals surface area contributed by atoms with Crippen LogP contribution >= 0.6 is 0 Å². The largest absolute Gasteiger partial charge is 3.00 e. The van der Waals surface area contributed by atoms with Crippen molar-refractivity contribution in [3.8, 4) is 0 Å². The molecule has 0 amide bonds. The second-order valence-corrected chi connectivity index (χ2v) is 1.49. The second kappa shape index (κ2) is 10.2. The molecular weight excluding hydrogens is 161 g/mol. The van der Waals surface area contributed by atoms with Crippen molar-refractivity contribution in [3.05, 3.63) is 6.42 Å². The molecule has 0 atom stereocenters.